The fourth-order valence-corrected chi connectivity index (χ4v) is 1.97. The van der Waals surface area contributed by atoms with Gasteiger partial charge in [-0.3, -0.25) is 0 Å². The number of hydrogen-bond acceptors (Lipinski definition) is 4. The predicted molar refractivity (Wildman–Crippen MR) is 66.3 cm³/mol. The zero-order valence-corrected chi connectivity index (χ0v) is 10.4. The molecule has 5 nitrogen and oxygen atoms in total. The molecule has 8 heteroatoms. The van der Waals surface area contributed by atoms with Crippen LogP contribution in [0.2, 0.25) is 5.15 Å². The molecule has 2 heterocycles. The Morgan fingerprint density at radius 3 is 2.75 bits per heavy atom. The number of halogens is 3. The molecule has 0 spiro atoms. The normalized spacial score (nSPS) is 10.7. The molecule has 98 valence electrons. The third-order valence-electron chi connectivity index (χ3n) is 2.62. The maximum absolute atomic E-state index is 13.8. The fourth-order valence-electron chi connectivity index (χ4n) is 1.75. The Morgan fingerprint density at radius 1 is 1.25 bits per heavy atom. The van der Waals surface area contributed by atoms with Gasteiger partial charge in [-0.15, -0.1) is 0 Å². The number of nitriles is 1. The van der Waals surface area contributed by atoms with E-state index in [-0.39, 0.29) is 22.3 Å². The summed E-state index contributed by atoms with van der Waals surface area (Å²) in [6.07, 6.45) is 1.35. The van der Waals surface area contributed by atoms with E-state index in [1.54, 1.807) is 6.07 Å². The van der Waals surface area contributed by atoms with Crippen LogP contribution in [0, 0.1) is 23.0 Å². The van der Waals surface area contributed by atoms with Gasteiger partial charge in [0.25, 0.3) is 0 Å². The second-order valence-electron chi connectivity index (χ2n) is 3.84. The molecule has 1 aromatic carbocycles. The quantitative estimate of drug-likeness (QED) is 0.646. The van der Waals surface area contributed by atoms with E-state index < -0.39 is 11.6 Å². The maximum Gasteiger partial charge on any atom is 0.235 e. The van der Waals surface area contributed by atoms with Gasteiger partial charge in [0.2, 0.25) is 5.82 Å². The summed E-state index contributed by atoms with van der Waals surface area (Å²) in [4.78, 5) is 7.69. The Hall–Kier alpha value is -2.59. The van der Waals surface area contributed by atoms with Gasteiger partial charge in [0, 0.05) is 6.07 Å². The van der Waals surface area contributed by atoms with Crippen LogP contribution in [0.1, 0.15) is 5.82 Å². The smallest absolute Gasteiger partial charge is 0.212 e. The van der Waals surface area contributed by atoms with Crippen molar-refractivity contribution in [2.24, 2.45) is 0 Å². The van der Waals surface area contributed by atoms with Crippen molar-refractivity contribution >= 4 is 22.6 Å². The molecule has 3 aromatic rings. The summed E-state index contributed by atoms with van der Waals surface area (Å²) >= 11 is 5.90. The van der Waals surface area contributed by atoms with Gasteiger partial charge in [-0.2, -0.15) is 15.3 Å². The molecule has 0 radical (unpaired) electrons. The molecule has 0 unspecified atom stereocenters. The van der Waals surface area contributed by atoms with Crippen LogP contribution in [0.4, 0.5) is 8.78 Å². The minimum absolute atomic E-state index is 0.0000523. The van der Waals surface area contributed by atoms with Gasteiger partial charge in [0.1, 0.15) is 22.7 Å². The van der Waals surface area contributed by atoms with E-state index in [0.717, 1.165) is 16.8 Å². The lowest BCUT2D eigenvalue weighted by Crippen LogP contribution is -2.02. The zero-order chi connectivity index (χ0) is 14.3. The summed E-state index contributed by atoms with van der Waals surface area (Å²) in [5.74, 6) is -1.66. The summed E-state index contributed by atoms with van der Waals surface area (Å²) in [6, 6.07) is 4.80. The molecule has 0 fully saturated rings. The highest BCUT2D eigenvalue weighted by molar-refractivity contribution is 6.33. The molecule has 0 aliphatic carbocycles. The van der Waals surface area contributed by atoms with Crippen LogP contribution in [-0.2, 0) is 0 Å². The number of nitrogens with zero attached hydrogens (tertiary/aromatic N) is 5. The first-order chi connectivity index (χ1) is 9.60. The van der Waals surface area contributed by atoms with Crippen LogP contribution < -0.4 is 0 Å². The first-order valence-electron chi connectivity index (χ1n) is 5.37. The minimum atomic E-state index is -0.803. The van der Waals surface area contributed by atoms with Crippen molar-refractivity contribution in [2.75, 3.05) is 0 Å². The van der Waals surface area contributed by atoms with Gasteiger partial charge in [-0.1, -0.05) is 11.6 Å². The van der Waals surface area contributed by atoms with E-state index in [2.05, 4.69) is 15.1 Å². The summed E-state index contributed by atoms with van der Waals surface area (Å²) < 4.78 is 27.8. The Labute approximate surface area is 116 Å². The van der Waals surface area contributed by atoms with E-state index in [1.165, 1.54) is 12.3 Å². The molecule has 3 rings (SSSR count). The van der Waals surface area contributed by atoms with Gasteiger partial charge in [-0.05, 0) is 12.1 Å². The van der Waals surface area contributed by atoms with E-state index in [9.17, 15) is 8.78 Å². The number of aromatic nitrogens is 4. The van der Waals surface area contributed by atoms with Crippen molar-refractivity contribution in [3.8, 4) is 11.8 Å². The van der Waals surface area contributed by atoms with E-state index in [4.69, 9.17) is 16.9 Å². The van der Waals surface area contributed by atoms with E-state index >= 15 is 0 Å². The van der Waals surface area contributed by atoms with Gasteiger partial charge in [-0.25, -0.2) is 18.4 Å². The zero-order valence-electron chi connectivity index (χ0n) is 9.68. The average Bonchev–Trinajstić information content (AvgIpc) is 2.83. The molecular weight excluding hydrogens is 288 g/mol. The highest BCUT2D eigenvalue weighted by Gasteiger charge is 2.15. The van der Waals surface area contributed by atoms with Gasteiger partial charge in [0.05, 0.1) is 11.6 Å². The summed E-state index contributed by atoms with van der Waals surface area (Å²) in [6.45, 7) is 0. The molecular formula is C12H4ClF2N5. The Bertz CT molecular complexity index is 868. The van der Waals surface area contributed by atoms with Gasteiger partial charge < -0.3 is 0 Å². The SMILES string of the molecule is N#Cc1nc(Cl)c2cnn(-c3ccc(F)cc3F)c2n1. The third kappa shape index (κ3) is 1.87. The highest BCUT2D eigenvalue weighted by atomic mass is 35.5. The number of benzene rings is 1. The molecule has 0 saturated heterocycles. The van der Waals surface area contributed by atoms with Crippen LogP contribution >= 0.6 is 11.6 Å². The van der Waals surface area contributed by atoms with Gasteiger partial charge in [0.15, 0.2) is 11.5 Å². The lowest BCUT2D eigenvalue weighted by molar-refractivity contribution is 0.574. The average molecular weight is 292 g/mol. The molecule has 0 atom stereocenters. The van der Waals surface area contributed by atoms with Crippen LogP contribution in [0.5, 0.6) is 0 Å². The third-order valence-corrected chi connectivity index (χ3v) is 2.91. The minimum Gasteiger partial charge on any atom is -0.212 e. The predicted octanol–water partition coefficient (Wildman–Crippen LogP) is 2.62. The lowest BCUT2D eigenvalue weighted by Gasteiger charge is -2.04. The highest BCUT2D eigenvalue weighted by Crippen LogP contribution is 2.23. The molecule has 20 heavy (non-hydrogen) atoms. The topological polar surface area (TPSA) is 67.4 Å². The van der Waals surface area contributed by atoms with Crippen molar-refractivity contribution in [3.05, 3.63) is 47.0 Å². The molecule has 0 N–H and O–H groups in total. The molecule has 2 aromatic heterocycles. The van der Waals surface area contributed by atoms with Crippen LogP contribution in [0.15, 0.2) is 24.4 Å². The molecule has 0 amide bonds. The van der Waals surface area contributed by atoms with Crippen LogP contribution in [-0.4, -0.2) is 19.7 Å². The Morgan fingerprint density at radius 2 is 2.05 bits per heavy atom. The van der Waals surface area contributed by atoms with Crippen LogP contribution in [0.3, 0.4) is 0 Å². The maximum atomic E-state index is 13.8. The standard InChI is InChI=1S/C12H4ClF2N5/c13-11-7-5-17-20(12(7)19-10(4-16)18-11)9-2-1-6(14)3-8(9)15/h1-3,5H. The number of hydrogen-bond donors (Lipinski definition) is 0. The van der Waals surface area contributed by atoms with Crippen molar-refractivity contribution < 1.29 is 8.78 Å². The second-order valence-corrected chi connectivity index (χ2v) is 4.20. The molecule has 0 aliphatic heterocycles. The fraction of sp³-hybridized carbons (Fsp3) is 0. The Kier molecular flexibility index (Phi) is 2.80. The molecule has 0 bridgehead atoms. The van der Waals surface area contributed by atoms with E-state index in [1.807, 2.05) is 0 Å². The van der Waals surface area contributed by atoms with Crippen molar-refractivity contribution in [3.63, 3.8) is 0 Å². The van der Waals surface area contributed by atoms with Crippen molar-refractivity contribution in [2.45, 2.75) is 0 Å². The molecule has 0 aliphatic rings. The van der Waals surface area contributed by atoms with Crippen molar-refractivity contribution in [1.29, 1.82) is 5.26 Å². The second kappa shape index (κ2) is 4.51. The summed E-state index contributed by atoms with van der Waals surface area (Å²) in [7, 11) is 0. The number of fused-ring (bicyclic) bond motifs is 1. The monoisotopic (exact) mass is 291 g/mol. The largest absolute Gasteiger partial charge is 0.235 e. The van der Waals surface area contributed by atoms with Crippen LogP contribution in [0.25, 0.3) is 16.7 Å². The lowest BCUT2D eigenvalue weighted by atomic mass is 10.3. The Balaban J connectivity index is 2.32. The first kappa shape index (κ1) is 12.4. The first-order valence-corrected chi connectivity index (χ1v) is 5.75. The summed E-state index contributed by atoms with van der Waals surface area (Å²) in [5, 5.41) is 13.2. The summed E-state index contributed by atoms with van der Waals surface area (Å²) in [5.41, 5.74) is 0.173. The van der Waals surface area contributed by atoms with Gasteiger partial charge >= 0.3 is 0 Å². The van der Waals surface area contributed by atoms with E-state index in [0.29, 0.717) is 5.39 Å². The molecule has 0 saturated carbocycles. The van der Waals surface area contributed by atoms with Crippen molar-refractivity contribution in [1.82, 2.24) is 19.7 Å². The number of rotatable bonds is 1.